The molecule has 2 aromatic rings. The third-order valence-corrected chi connectivity index (χ3v) is 4.94. The molecule has 0 bridgehead atoms. The minimum absolute atomic E-state index is 0.0306. The fourth-order valence-corrected chi connectivity index (χ4v) is 3.19. The first-order chi connectivity index (χ1) is 14.0. The van der Waals surface area contributed by atoms with Crippen LogP contribution in [0.2, 0.25) is 10.0 Å². The van der Waals surface area contributed by atoms with Gasteiger partial charge in [-0.25, -0.2) is 4.39 Å². The second-order valence-electron chi connectivity index (χ2n) is 7.88. The number of hydrogen-bond donors (Lipinski definition) is 1. The quantitative estimate of drug-likeness (QED) is 0.650. The molecule has 0 aliphatic heterocycles. The molecule has 0 saturated carbocycles. The molecule has 0 aliphatic rings. The second-order valence-corrected chi connectivity index (χ2v) is 8.69. The van der Waals surface area contributed by atoms with Gasteiger partial charge in [0.1, 0.15) is 17.6 Å². The summed E-state index contributed by atoms with van der Waals surface area (Å²) in [6.45, 7) is 6.89. The molecule has 0 unspecified atom stereocenters. The molecule has 0 heterocycles. The molecule has 0 fully saturated rings. The van der Waals surface area contributed by atoms with Gasteiger partial charge in [-0.15, -0.1) is 0 Å². The number of amides is 2. The third-order valence-electron chi connectivity index (χ3n) is 4.23. The van der Waals surface area contributed by atoms with Crippen LogP contribution in [0.15, 0.2) is 42.5 Å². The molecule has 0 saturated heterocycles. The summed E-state index contributed by atoms with van der Waals surface area (Å²) in [5.74, 6) is -0.823. The minimum atomic E-state index is -0.805. The van der Waals surface area contributed by atoms with Crippen LogP contribution in [0.1, 0.15) is 33.3 Å². The molecule has 1 atom stereocenters. The largest absolute Gasteiger partial charge is 0.484 e. The number of nitrogens with zero attached hydrogens (tertiary/aromatic N) is 1. The number of hydrogen-bond acceptors (Lipinski definition) is 3. The average molecular weight is 455 g/mol. The number of nitrogens with one attached hydrogen (secondary N) is 1. The first-order valence-corrected chi connectivity index (χ1v) is 10.2. The van der Waals surface area contributed by atoms with Crippen LogP contribution in [0, 0.1) is 5.82 Å². The Morgan fingerprint density at radius 1 is 1.10 bits per heavy atom. The van der Waals surface area contributed by atoms with Crippen molar-refractivity contribution < 1.29 is 18.7 Å². The minimum Gasteiger partial charge on any atom is -0.484 e. The van der Waals surface area contributed by atoms with E-state index in [0.29, 0.717) is 21.4 Å². The summed E-state index contributed by atoms with van der Waals surface area (Å²) in [5, 5.41) is 3.65. The second kappa shape index (κ2) is 10.1. The molecule has 2 amide bonds. The monoisotopic (exact) mass is 454 g/mol. The van der Waals surface area contributed by atoms with E-state index >= 15 is 0 Å². The Bertz CT molecular complexity index is 878. The van der Waals surface area contributed by atoms with Crippen molar-refractivity contribution in [2.45, 2.75) is 45.8 Å². The summed E-state index contributed by atoms with van der Waals surface area (Å²) in [6, 6.07) is 9.55. The van der Waals surface area contributed by atoms with Crippen LogP contribution in [0.4, 0.5) is 4.39 Å². The van der Waals surface area contributed by atoms with Crippen molar-refractivity contribution in [1.82, 2.24) is 10.2 Å². The maximum Gasteiger partial charge on any atom is 0.261 e. The lowest BCUT2D eigenvalue weighted by molar-refractivity contribution is -0.142. The lowest BCUT2D eigenvalue weighted by Crippen LogP contribution is -2.53. The summed E-state index contributed by atoms with van der Waals surface area (Å²) < 4.78 is 18.5. The van der Waals surface area contributed by atoms with E-state index in [-0.39, 0.29) is 19.1 Å². The zero-order valence-corrected chi connectivity index (χ0v) is 18.9. The van der Waals surface area contributed by atoms with Crippen LogP contribution in [-0.4, -0.2) is 34.9 Å². The van der Waals surface area contributed by atoms with Gasteiger partial charge >= 0.3 is 0 Å². The molecular formula is C22H25Cl2FN2O3. The van der Waals surface area contributed by atoms with Gasteiger partial charge in [-0.2, -0.15) is 0 Å². The zero-order valence-electron chi connectivity index (χ0n) is 17.3. The summed E-state index contributed by atoms with van der Waals surface area (Å²) >= 11 is 12.5. The predicted octanol–water partition coefficient (Wildman–Crippen LogP) is 4.84. The summed E-state index contributed by atoms with van der Waals surface area (Å²) in [5.41, 5.74) is 0.0681. The number of carbonyl (C=O) groups is 2. The molecule has 0 spiro atoms. The standard InChI is InChI=1S/C22H25Cl2FN2O3/c1-14(21(29)26-22(2,3)4)27(12-17-18(23)6-5-7-19(17)24)20(28)13-30-16-10-8-15(25)9-11-16/h5-11,14H,12-13H2,1-4H3,(H,26,29)/t14-/m0/s1. The first kappa shape index (κ1) is 24.0. The lowest BCUT2D eigenvalue weighted by Gasteiger charge is -2.31. The molecule has 0 aromatic heterocycles. The third kappa shape index (κ3) is 6.89. The van der Waals surface area contributed by atoms with E-state index in [1.54, 1.807) is 25.1 Å². The van der Waals surface area contributed by atoms with Crippen LogP contribution in [0.3, 0.4) is 0 Å². The Kier molecular flexibility index (Phi) is 8.10. The fraction of sp³-hybridized carbons (Fsp3) is 0.364. The van der Waals surface area contributed by atoms with E-state index in [9.17, 15) is 14.0 Å². The normalized spacial score (nSPS) is 12.2. The van der Waals surface area contributed by atoms with Crippen molar-refractivity contribution in [2.75, 3.05) is 6.61 Å². The molecule has 5 nitrogen and oxygen atoms in total. The van der Waals surface area contributed by atoms with Gasteiger partial charge in [-0.05, 0) is 64.1 Å². The fourth-order valence-electron chi connectivity index (χ4n) is 2.67. The predicted molar refractivity (Wildman–Crippen MR) is 116 cm³/mol. The molecule has 1 N–H and O–H groups in total. The van der Waals surface area contributed by atoms with E-state index in [1.165, 1.54) is 29.2 Å². The van der Waals surface area contributed by atoms with Crippen LogP contribution in [0.25, 0.3) is 0 Å². The molecule has 2 aromatic carbocycles. The highest BCUT2D eigenvalue weighted by atomic mass is 35.5. The Morgan fingerprint density at radius 3 is 2.20 bits per heavy atom. The van der Waals surface area contributed by atoms with E-state index in [1.807, 2.05) is 20.8 Å². The average Bonchev–Trinajstić information content (AvgIpc) is 2.65. The summed E-state index contributed by atoms with van der Waals surface area (Å²) in [4.78, 5) is 27.1. The van der Waals surface area contributed by atoms with Crippen molar-refractivity contribution >= 4 is 35.0 Å². The maximum absolute atomic E-state index is 13.1. The number of halogens is 3. The highest BCUT2D eigenvalue weighted by Crippen LogP contribution is 2.26. The lowest BCUT2D eigenvalue weighted by atomic mass is 10.1. The Labute approximate surface area is 186 Å². The van der Waals surface area contributed by atoms with Gasteiger partial charge in [-0.1, -0.05) is 29.3 Å². The number of ether oxygens (including phenoxy) is 1. The maximum atomic E-state index is 13.1. The molecule has 30 heavy (non-hydrogen) atoms. The number of rotatable bonds is 7. The number of benzene rings is 2. The van der Waals surface area contributed by atoms with Gasteiger partial charge in [0, 0.05) is 27.7 Å². The Balaban J connectivity index is 2.23. The van der Waals surface area contributed by atoms with Gasteiger partial charge in [0.25, 0.3) is 5.91 Å². The van der Waals surface area contributed by atoms with Crippen molar-refractivity contribution in [3.05, 3.63) is 63.9 Å². The van der Waals surface area contributed by atoms with Gasteiger partial charge < -0.3 is 15.0 Å². The number of carbonyl (C=O) groups excluding carboxylic acids is 2. The van der Waals surface area contributed by atoms with E-state index in [2.05, 4.69) is 5.32 Å². The van der Waals surface area contributed by atoms with Crippen LogP contribution in [-0.2, 0) is 16.1 Å². The Morgan fingerprint density at radius 2 is 1.67 bits per heavy atom. The molecule has 2 rings (SSSR count). The first-order valence-electron chi connectivity index (χ1n) is 9.40. The van der Waals surface area contributed by atoms with E-state index in [4.69, 9.17) is 27.9 Å². The van der Waals surface area contributed by atoms with Crippen molar-refractivity contribution in [2.24, 2.45) is 0 Å². The van der Waals surface area contributed by atoms with Crippen LogP contribution >= 0.6 is 23.2 Å². The van der Waals surface area contributed by atoms with Crippen molar-refractivity contribution in [1.29, 1.82) is 0 Å². The van der Waals surface area contributed by atoms with E-state index < -0.39 is 23.3 Å². The molecule has 0 aliphatic carbocycles. The molecule has 0 radical (unpaired) electrons. The van der Waals surface area contributed by atoms with Crippen molar-refractivity contribution in [3.63, 3.8) is 0 Å². The summed E-state index contributed by atoms with van der Waals surface area (Å²) in [7, 11) is 0. The smallest absolute Gasteiger partial charge is 0.261 e. The van der Waals surface area contributed by atoms with E-state index in [0.717, 1.165) is 0 Å². The van der Waals surface area contributed by atoms with Gasteiger partial charge in [-0.3, -0.25) is 9.59 Å². The molecular weight excluding hydrogens is 430 g/mol. The van der Waals surface area contributed by atoms with Gasteiger partial charge in [0.2, 0.25) is 5.91 Å². The highest BCUT2D eigenvalue weighted by molar-refractivity contribution is 6.36. The zero-order chi connectivity index (χ0) is 22.5. The van der Waals surface area contributed by atoms with Gasteiger partial charge in [0.15, 0.2) is 6.61 Å². The van der Waals surface area contributed by atoms with Gasteiger partial charge in [0.05, 0.1) is 0 Å². The topological polar surface area (TPSA) is 58.6 Å². The summed E-state index contributed by atoms with van der Waals surface area (Å²) in [6.07, 6.45) is 0. The highest BCUT2D eigenvalue weighted by Gasteiger charge is 2.29. The van der Waals surface area contributed by atoms with Crippen LogP contribution < -0.4 is 10.1 Å². The Hall–Kier alpha value is -2.31. The van der Waals surface area contributed by atoms with Crippen molar-refractivity contribution in [3.8, 4) is 5.75 Å². The molecule has 8 heteroatoms. The van der Waals surface area contributed by atoms with Crippen LogP contribution in [0.5, 0.6) is 5.75 Å². The molecule has 162 valence electrons. The SMILES string of the molecule is C[C@@H](C(=O)NC(C)(C)C)N(Cc1c(Cl)cccc1Cl)C(=O)COc1ccc(F)cc1.